The second-order valence-corrected chi connectivity index (χ2v) is 11.8. The number of nitrogens with two attached hydrogens (primary N) is 2. The van der Waals surface area contributed by atoms with Crippen molar-refractivity contribution < 1.29 is 41.8 Å². The number of nitrogen functional groups attached to an aromatic ring is 1. The number of hydrogen-bond acceptors (Lipinski definition) is 11. The van der Waals surface area contributed by atoms with Crippen LogP contribution in [-0.4, -0.2) is 62.8 Å². The number of ether oxygens (including phenoxy) is 2. The van der Waals surface area contributed by atoms with Crippen molar-refractivity contribution in [3.05, 3.63) is 52.8 Å². The average Bonchev–Trinajstić information content (AvgIpc) is 3.12. The molecule has 0 radical (unpaired) electrons. The van der Waals surface area contributed by atoms with E-state index in [0.717, 1.165) is 0 Å². The number of halogens is 2. The Morgan fingerprint density at radius 1 is 1.32 bits per heavy atom. The van der Waals surface area contributed by atoms with Gasteiger partial charge in [-0.25, -0.2) is 18.1 Å². The number of aliphatic hydroxyl groups is 1. The van der Waals surface area contributed by atoms with Crippen LogP contribution in [0.15, 0.2) is 41.3 Å². The molecule has 0 aliphatic carbocycles. The Morgan fingerprint density at radius 3 is 2.52 bits per heavy atom. The lowest BCUT2D eigenvalue weighted by molar-refractivity contribution is -0.149. The number of alkyl halides is 1. The lowest BCUT2D eigenvalue weighted by Crippen LogP contribution is -2.59. The standard InChI is InChI=1S/C24H34F2N5O8P/c1-13(2)36-20(33)14(3)30-40(35,38-15-9-7-6-8-10-15)39-23(4,5)18-17(32)24(28,12-25)21(37-18)31-11-16(26)19(27)29-22(31)34/h6-11,13-14,17-18,21,32H,12,28H2,1-5H3,(H,30,35)(H2,27,29,34)/t14-,17?,18-,21+,24+,40+/m0/s1. The molecule has 2 heterocycles. The van der Waals surface area contributed by atoms with Gasteiger partial charge in [-0.2, -0.15) is 10.1 Å². The summed E-state index contributed by atoms with van der Waals surface area (Å²) in [7, 11) is -4.49. The third-order valence-corrected chi connectivity index (χ3v) is 7.92. The summed E-state index contributed by atoms with van der Waals surface area (Å²) in [5.41, 5.74) is 6.29. The highest BCUT2D eigenvalue weighted by Crippen LogP contribution is 2.52. The lowest BCUT2D eigenvalue weighted by atomic mass is 9.86. The molecule has 2 aromatic rings. The summed E-state index contributed by atoms with van der Waals surface area (Å²) in [4.78, 5) is 28.2. The minimum Gasteiger partial charge on any atom is -0.462 e. The van der Waals surface area contributed by atoms with Crippen LogP contribution in [0.1, 0.15) is 40.8 Å². The first-order valence-corrected chi connectivity index (χ1v) is 13.8. The number of aromatic nitrogens is 2. The molecule has 16 heteroatoms. The van der Waals surface area contributed by atoms with Crippen LogP contribution in [0, 0.1) is 5.82 Å². The number of nitrogens with zero attached hydrogens (tertiary/aromatic N) is 2. The molecule has 6 atom stereocenters. The number of carbonyl (C=O) groups excluding carboxylic acids is 1. The van der Waals surface area contributed by atoms with E-state index >= 15 is 0 Å². The maximum atomic E-state index is 14.3. The van der Waals surface area contributed by atoms with Crippen molar-refractivity contribution in [3.63, 3.8) is 0 Å². The van der Waals surface area contributed by atoms with Gasteiger partial charge in [0.1, 0.15) is 41.8 Å². The molecule has 1 aromatic heterocycles. The van der Waals surface area contributed by atoms with E-state index in [9.17, 15) is 28.0 Å². The summed E-state index contributed by atoms with van der Waals surface area (Å²) in [5, 5.41) is 13.6. The molecule has 0 saturated carbocycles. The van der Waals surface area contributed by atoms with Gasteiger partial charge in [0.05, 0.1) is 12.3 Å². The van der Waals surface area contributed by atoms with Crippen molar-refractivity contribution in [1.82, 2.24) is 14.6 Å². The molecule has 1 aliphatic heterocycles. The third kappa shape index (κ3) is 6.67. The number of para-hydroxylation sites is 1. The average molecular weight is 590 g/mol. The fourth-order valence-corrected chi connectivity index (χ4v) is 5.93. The number of benzene rings is 1. The Kier molecular flexibility index (Phi) is 9.39. The highest BCUT2D eigenvalue weighted by molar-refractivity contribution is 7.52. The molecule has 40 heavy (non-hydrogen) atoms. The van der Waals surface area contributed by atoms with Gasteiger partial charge < -0.3 is 30.6 Å². The van der Waals surface area contributed by atoms with Crippen LogP contribution < -0.4 is 26.8 Å². The maximum Gasteiger partial charge on any atom is 0.460 e. The number of anilines is 1. The molecule has 3 rings (SSSR count). The summed E-state index contributed by atoms with van der Waals surface area (Å²) >= 11 is 0. The Balaban J connectivity index is 1.97. The molecular weight excluding hydrogens is 555 g/mol. The minimum atomic E-state index is -4.49. The topological polar surface area (TPSA) is 190 Å². The van der Waals surface area contributed by atoms with Gasteiger partial charge in [0.25, 0.3) is 0 Å². The van der Waals surface area contributed by atoms with Gasteiger partial charge in [0, 0.05) is 0 Å². The van der Waals surface area contributed by atoms with Crippen LogP contribution in [0.25, 0.3) is 0 Å². The number of hydrogen-bond donors (Lipinski definition) is 4. The first-order chi connectivity index (χ1) is 18.5. The Morgan fingerprint density at radius 2 is 1.95 bits per heavy atom. The Hall–Kier alpha value is -2.94. The molecule has 222 valence electrons. The highest BCUT2D eigenvalue weighted by atomic mass is 31.2. The van der Waals surface area contributed by atoms with Crippen LogP contribution >= 0.6 is 7.75 Å². The second-order valence-electron chi connectivity index (χ2n) is 10.2. The van der Waals surface area contributed by atoms with Gasteiger partial charge in [-0.1, -0.05) is 18.2 Å². The van der Waals surface area contributed by atoms with Crippen molar-refractivity contribution in [2.75, 3.05) is 12.4 Å². The summed E-state index contributed by atoms with van der Waals surface area (Å²) in [6, 6.07) is 6.70. The summed E-state index contributed by atoms with van der Waals surface area (Å²) in [6.45, 7) is 5.91. The van der Waals surface area contributed by atoms with E-state index in [1.807, 2.05) is 0 Å². The smallest absolute Gasteiger partial charge is 0.460 e. The number of carbonyl (C=O) groups is 1. The first-order valence-electron chi connectivity index (χ1n) is 12.3. The van der Waals surface area contributed by atoms with Crippen LogP contribution in [-0.2, 0) is 23.4 Å². The Bertz CT molecular complexity index is 1310. The zero-order valence-corrected chi connectivity index (χ0v) is 23.5. The van der Waals surface area contributed by atoms with Crippen LogP contribution in [0.3, 0.4) is 0 Å². The van der Waals surface area contributed by atoms with Crippen LogP contribution in [0.2, 0.25) is 0 Å². The quantitative estimate of drug-likeness (QED) is 0.220. The molecule has 0 bridgehead atoms. The molecule has 13 nitrogen and oxygen atoms in total. The van der Waals surface area contributed by atoms with E-state index in [1.54, 1.807) is 32.0 Å². The molecule has 6 N–H and O–H groups in total. The lowest BCUT2D eigenvalue weighted by Gasteiger charge is -2.37. The van der Waals surface area contributed by atoms with Crippen molar-refractivity contribution in [2.45, 2.75) is 76.3 Å². The van der Waals surface area contributed by atoms with E-state index in [0.29, 0.717) is 10.8 Å². The Labute approximate surface area is 229 Å². The molecule has 1 saturated heterocycles. The zero-order valence-electron chi connectivity index (χ0n) is 22.6. The number of nitrogens with one attached hydrogen (secondary N) is 1. The molecule has 1 aromatic carbocycles. The van der Waals surface area contributed by atoms with Gasteiger partial charge in [-0.05, 0) is 46.8 Å². The van der Waals surface area contributed by atoms with E-state index in [4.69, 9.17) is 30.0 Å². The third-order valence-electron chi connectivity index (χ3n) is 6.06. The predicted molar refractivity (Wildman–Crippen MR) is 139 cm³/mol. The summed E-state index contributed by atoms with van der Waals surface area (Å²) in [6.07, 6.45) is -5.03. The normalized spacial score (nSPS) is 25.4. The molecule has 1 fully saturated rings. The summed E-state index contributed by atoms with van der Waals surface area (Å²) < 4.78 is 65.5. The van der Waals surface area contributed by atoms with Gasteiger partial charge in [-0.3, -0.25) is 13.9 Å². The van der Waals surface area contributed by atoms with Crippen LogP contribution in [0.4, 0.5) is 14.6 Å². The molecule has 1 aliphatic rings. The fourth-order valence-electron chi connectivity index (χ4n) is 4.08. The SMILES string of the molecule is CC(C)OC(=O)[C@H](C)N[P@@](=O)(Oc1ccccc1)OC(C)(C)[C@H]1O[C@@H](n2cc(F)c(N)nc2=O)[C@@](N)(CF)C1O. The molecular formula is C24H34F2N5O8P. The van der Waals surface area contributed by atoms with E-state index in [2.05, 4.69) is 10.1 Å². The van der Waals surface area contributed by atoms with Crippen molar-refractivity contribution >= 4 is 19.5 Å². The highest BCUT2D eigenvalue weighted by Gasteiger charge is 2.61. The van der Waals surface area contributed by atoms with Gasteiger partial charge in [0.2, 0.25) is 0 Å². The van der Waals surface area contributed by atoms with E-state index in [1.165, 1.54) is 32.9 Å². The largest absolute Gasteiger partial charge is 0.462 e. The minimum absolute atomic E-state index is 0.108. The number of aliphatic hydroxyl groups excluding tert-OH is 1. The fraction of sp³-hybridized carbons (Fsp3) is 0.542. The second kappa shape index (κ2) is 11.9. The monoisotopic (exact) mass is 589 g/mol. The van der Waals surface area contributed by atoms with Crippen LogP contribution in [0.5, 0.6) is 5.75 Å². The van der Waals surface area contributed by atoms with Gasteiger partial charge >= 0.3 is 19.4 Å². The van der Waals surface area contributed by atoms with E-state index in [-0.39, 0.29) is 5.75 Å². The predicted octanol–water partition coefficient (Wildman–Crippen LogP) is 1.80. The number of rotatable bonds is 11. The van der Waals surface area contributed by atoms with Gasteiger partial charge in [-0.15, -0.1) is 0 Å². The number of esters is 1. The maximum absolute atomic E-state index is 14.3. The molecule has 0 spiro atoms. The first kappa shape index (κ1) is 31.6. The molecule has 1 unspecified atom stereocenters. The van der Waals surface area contributed by atoms with Gasteiger partial charge in [0.15, 0.2) is 17.9 Å². The zero-order chi connectivity index (χ0) is 30.0. The van der Waals surface area contributed by atoms with E-state index < -0.39 is 79.4 Å². The summed E-state index contributed by atoms with van der Waals surface area (Å²) in [5.74, 6) is -2.44. The molecule has 0 amide bonds. The van der Waals surface area contributed by atoms with Crippen molar-refractivity contribution in [1.29, 1.82) is 0 Å². The van der Waals surface area contributed by atoms with Crippen molar-refractivity contribution in [2.24, 2.45) is 5.73 Å². The van der Waals surface area contributed by atoms with Crippen molar-refractivity contribution in [3.8, 4) is 5.75 Å².